The number of nitrogens with zero attached hydrogens (tertiary/aromatic N) is 2. The van der Waals surface area contributed by atoms with Gasteiger partial charge in [-0.05, 0) is 6.07 Å². The third-order valence-corrected chi connectivity index (χ3v) is 2.10. The second kappa shape index (κ2) is 5.43. The minimum absolute atomic E-state index is 0.0147. The van der Waals surface area contributed by atoms with Gasteiger partial charge in [0.15, 0.2) is 6.61 Å². The standard InChI is InChI=1S/C9H8F5N3O3/c1-15-6-3-2-5(17(18)19)7(16-6)20-4-8(10,11)9(12,13)14/h2-3H,4H2,1H3,(H,15,16). The molecule has 20 heavy (non-hydrogen) atoms. The van der Waals surface area contributed by atoms with Gasteiger partial charge in [0, 0.05) is 13.1 Å². The quantitative estimate of drug-likeness (QED) is 0.514. The van der Waals surface area contributed by atoms with Crippen LogP contribution >= 0.6 is 0 Å². The molecule has 1 heterocycles. The molecule has 1 rings (SSSR count). The van der Waals surface area contributed by atoms with Crippen molar-refractivity contribution in [2.24, 2.45) is 0 Å². The normalized spacial score (nSPS) is 12.1. The molecular weight excluding hydrogens is 293 g/mol. The molecule has 0 amide bonds. The van der Waals surface area contributed by atoms with Crippen molar-refractivity contribution in [2.45, 2.75) is 12.1 Å². The van der Waals surface area contributed by atoms with E-state index in [1.165, 1.54) is 7.05 Å². The van der Waals surface area contributed by atoms with E-state index in [0.717, 1.165) is 12.1 Å². The molecule has 0 unspecified atom stereocenters. The highest BCUT2D eigenvalue weighted by Crippen LogP contribution is 2.36. The van der Waals surface area contributed by atoms with Gasteiger partial charge in [-0.15, -0.1) is 0 Å². The van der Waals surface area contributed by atoms with Crippen LogP contribution in [0.5, 0.6) is 5.88 Å². The fourth-order valence-corrected chi connectivity index (χ4v) is 1.06. The summed E-state index contributed by atoms with van der Waals surface area (Å²) in [4.78, 5) is 13.0. The largest absolute Gasteiger partial charge is 0.466 e. The van der Waals surface area contributed by atoms with Crippen LogP contribution in [-0.2, 0) is 0 Å². The van der Waals surface area contributed by atoms with E-state index in [9.17, 15) is 32.1 Å². The van der Waals surface area contributed by atoms with Gasteiger partial charge in [0.05, 0.1) is 4.92 Å². The van der Waals surface area contributed by atoms with Gasteiger partial charge >= 0.3 is 17.8 Å². The lowest BCUT2D eigenvalue weighted by Gasteiger charge is -2.19. The maximum atomic E-state index is 12.7. The zero-order valence-corrected chi connectivity index (χ0v) is 9.87. The molecule has 0 atom stereocenters. The van der Waals surface area contributed by atoms with Crippen molar-refractivity contribution in [3.05, 3.63) is 22.2 Å². The third-order valence-electron chi connectivity index (χ3n) is 2.10. The number of anilines is 1. The van der Waals surface area contributed by atoms with Crippen LogP contribution < -0.4 is 10.1 Å². The molecule has 0 aliphatic rings. The Bertz CT molecular complexity index is 506. The number of pyridine rings is 1. The summed E-state index contributed by atoms with van der Waals surface area (Å²) in [5, 5.41) is 13.0. The number of hydrogen-bond donors (Lipinski definition) is 1. The maximum Gasteiger partial charge on any atom is 0.456 e. The van der Waals surface area contributed by atoms with E-state index in [2.05, 4.69) is 15.0 Å². The molecule has 0 bridgehead atoms. The number of alkyl halides is 5. The predicted molar refractivity (Wildman–Crippen MR) is 56.9 cm³/mol. The summed E-state index contributed by atoms with van der Waals surface area (Å²) in [7, 11) is 1.38. The summed E-state index contributed by atoms with van der Waals surface area (Å²) < 4.78 is 65.3. The monoisotopic (exact) mass is 301 g/mol. The Morgan fingerprint density at radius 2 is 1.95 bits per heavy atom. The van der Waals surface area contributed by atoms with Crippen molar-refractivity contribution in [3.8, 4) is 5.88 Å². The molecule has 0 saturated carbocycles. The van der Waals surface area contributed by atoms with Crippen LogP contribution in [0.4, 0.5) is 33.5 Å². The van der Waals surface area contributed by atoms with Crippen molar-refractivity contribution in [1.29, 1.82) is 0 Å². The van der Waals surface area contributed by atoms with E-state index in [1.807, 2.05) is 0 Å². The van der Waals surface area contributed by atoms with Gasteiger partial charge in [-0.25, -0.2) is 0 Å². The van der Waals surface area contributed by atoms with Gasteiger partial charge < -0.3 is 10.1 Å². The zero-order chi connectivity index (χ0) is 15.6. The molecule has 1 N–H and O–H groups in total. The van der Waals surface area contributed by atoms with Crippen LogP contribution in [-0.4, -0.2) is 35.7 Å². The SMILES string of the molecule is CNc1ccc([N+](=O)[O-])c(OCC(F)(F)C(F)(F)F)n1. The van der Waals surface area contributed by atoms with E-state index >= 15 is 0 Å². The van der Waals surface area contributed by atoms with Crippen LogP contribution in [0.2, 0.25) is 0 Å². The van der Waals surface area contributed by atoms with E-state index in [4.69, 9.17) is 0 Å². The van der Waals surface area contributed by atoms with Gasteiger partial charge in [0.2, 0.25) is 0 Å². The number of nitro groups is 1. The highest BCUT2D eigenvalue weighted by Gasteiger charge is 2.58. The predicted octanol–water partition coefficient (Wildman–Crippen LogP) is 2.61. The van der Waals surface area contributed by atoms with E-state index in [1.54, 1.807) is 0 Å². The summed E-state index contributed by atoms with van der Waals surface area (Å²) in [6.45, 7) is -2.10. The smallest absolute Gasteiger partial charge is 0.456 e. The summed E-state index contributed by atoms with van der Waals surface area (Å²) in [5.41, 5.74) is -0.818. The number of nitrogens with one attached hydrogen (secondary N) is 1. The Hall–Kier alpha value is -2.20. The molecule has 112 valence electrons. The number of hydrogen-bond acceptors (Lipinski definition) is 5. The molecule has 11 heteroatoms. The molecule has 1 aromatic heterocycles. The van der Waals surface area contributed by atoms with Crippen LogP contribution in [0.1, 0.15) is 0 Å². The molecular formula is C9H8F5N3O3. The minimum Gasteiger partial charge on any atom is -0.466 e. The summed E-state index contributed by atoms with van der Waals surface area (Å²) in [6, 6.07) is 2.02. The molecule has 0 aliphatic heterocycles. The van der Waals surface area contributed by atoms with Crippen LogP contribution in [0.3, 0.4) is 0 Å². The van der Waals surface area contributed by atoms with E-state index < -0.39 is 35.2 Å². The summed E-state index contributed by atoms with van der Waals surface area (Å²) >= 11 is 0. The Kier molecular flexibility index (Phi) is 4.30. The fourth-order valence-electron chi connectivity index (χ4n) is 1.06. The first kappa shape index (κ1) is 15.9. The Morgan fingerprint density at radius 1 is 1.35 bits per heavy atom. The molecule has 0 aliphatic carbocycles. The Morgan fingerprint density at radius 3 is 2.40 bits per heavy atom. The van der Waals surface area contributed by atoms with Crippen molar-refractivity contribution in [2.75, 3.05) is 19.0 Å². The van der Waals surface area contributed by atoms with Gasteiger partial charge in [0.25, 0.3) is 5.88 Å². The molecule has 0 saturated heterocycles. The van der Waals surface area contributed by atoms with Gasteiger partial charge in [-0.2, -0.15) is 26.9 Å². The first-order chi connectivity index (χ1) is 9.08. The highest BCUT2D eigenvalue weighted by molar-refractivity contribution is 5.48. The minimum atomic E-state index is -5.82. The van der Waals surface area contributed by atoms with Gasteiger partial charge in [-0.1, -0.05) is 0 Å². The lowest BCUT2D eigenvalue weighted by Crippen LogP contribution is -2.41. The Balaban J connectivity index is 2.99. The summed E-state index contributed by atoms with van der Waals surface area (Å²) in [5.74, 6) is -6.05. The first-order valence-corrected chi connectivity index (χ1v) is 4.99. The van der Waals surface area contributed by atoms with Gasteiger partial charge in [-0.3, -0.25) is 10.1 Å². The van der Waals surface area contributed by atoms with Crippen molar-refractivity contribution < 1.29 is 31.6 Å². The molecule has 0 fully saturated rings. The Labute approximate surface area is 108 Å². The number of halogens is 5. The second-order valence-corrected chi connectivity index (χ2v) is 3.52. The van der Waals surface area contributed by atoms with E-state index in [-0.39, 0.29) is 5.82 Å². The van der Waals surface area contributed by atoms with Crippen molar-refractivity contribution in [1.82, 2.24) is 4.98 Å². The van der Waals surface area contributed by atoms with Crippen LogP contribution in [0.15, 0.2) is 12.1 Å². The summed E-state index contributed by atoms with van der Waals surface area (Å²) in [6.07, 6.45) is -5.82. The number of aromatic nitrogens is 1. The zero-order valence-electron chi connectivity index (χ0n) is 9.87. The first-order valence-electron chi connectivity index (χ1n) is 4.99. The molecule has 0 radical (unpaired) electrons. The molecule has 0 aromatic carbocycles. The van der Waals surface area contributed by atoms with Crippen LogP contribution in [0, 0.1) is 10.1 Å². The molecule has 1 aromatic rings. The lowest BCUT2D eigenvalue weighted by atomic mass is 10.3. The number of rotatable bonds is 5. The average Bonchev–Trinajstić information content (AvgIpc) is 2.34. The fraction of sp³-hybridized carbons (Fsp3) is 0.444. The third kappa shape index (κ3) is 3.42. The maximum absolute atomic E-state index is 12.7. The molecule has 6 nitrogen and oxygen atoms in total. The average molecular weight is 301 g/mol. The van der Waals surface area contributed by atoms with Crippen LogP contribution in [0.25, 0.3) is 0 Å². The highest BCUT2D eigenvalue weighted by atomic mass is 19.4. The molecule has 0 spiro atoms. The topological polar surface area (TPSA) is 77.3 Å². The van der Waals surface area contributed by atoms with Crippen molar-refractivity contribution >= 4 is 11.5 Å². The number of ether oxygens (including phenoxy) is 1. The lowest BCUT2D eigenvalue weighted by molar-refractivity contribution is -0.386. The second-order valence-electron chi connectivity index (χ2n) is 3.52. The van der Waals surface area contributed by atoms with Gasteiger partial charge in [0.1, 0.15) is 5.82 Å². The van der Waals surface area contributed by atoms with Crippen molar-refractivity contribution in [3.63, 3.8) is 0 Å². The van der Waals surface area contributed by atoms with E-state index in [0.29, 0.717) is 0 Å².